The summed E-state index contributed by atoms with van der Waals surface area (Å²) < 4.78 is 4.78. The van der Waals surface area contributed by atoms with Crippen molar-refractivity contribution < 1.29 is 0 Å². The fourth-order valence-electron chi connectivity index (χ4n) is 8.70. The molecule has 264 valence electrons. The van der Waals surface area contributed by atoms with Gasteiger partial charge in [0.1, 0.15) is 0 Å². The number of allylic oxidation sites excluding steroid dienone is 4. The first-order valence-corrected chi connectivity index (χ1v) is 19.4. The fourth-order valence-corrected chi connectivity index (χ4v) is 8.70. The molecule has 3 aromatic heterocycles. The van der Waals surface area contributed by atoms with E-state index in [1.54, 1.807) is 0 Å². The van der Waals surface area contributed by atoms with E-state index in [9.17, 15) is 0 Å². The zero-order valence-corrected chi connectivity index (χ0v) is 30.8. The molecule has 1 aliphatic rings. The maximum absolute atomic E-state index is 4.74. The molecule has 3 heterocycles. The molecule has 0 bridgehead atoms. The summed E-state index contributed by atoms with van der Waals surface area (Å²) in [5, 5.41) is 5.04. The molecule has 0 radical (unpaired) electrons. The molecule has 3 heteroatoms. The van der Waals surface area contributed by atoms with Crippen LogP contribution in [0.4, 0.5) is 0 Å². The molecule has 0 atom stereocenters. The Hall–Kier alpha value is -7.23. The normalized spacial score (nSPS) is 12.9. The molecular weight excluding hydrogens is 679 g/mol. The van der Waals surface area contributed by atoms with Crippen molar-refractivity contribution >= 4 is 49.2 Å². The average Bonchev–Trinajstić information content (AvgIpc) is 3.79. The van der Waals surface area contributed by atoms with Crippen molar-refractivity contribution in [2.75, 3.05) is 0 Å². The van der Waals surface area contributed by atoms with Crippen LogP contribution in [-0.4, -0.2) is 14.1 Å². The first-order valence-electron chi connectivity index (χ1n) is 19.4. The maximum Gasteiger partial charge on any atom is 0.0541 e. The second-order valence-corrected chi connectivity index (χ2v) is 14.7. The van der Waals surface area contributed by atoms with E-state index in [0.717, 1.165) is 46.5 Å². The van der Waals surface area contributed by atoms with E-state index in [4.69, 9.17) is 4.98 Å². The Morgan fingerprint density at radius 3 is 1.62 bits per heavy atom. The number of pyridine rings is 1. The first-order chi connectivity index (χ1) is 27.8. The summed E-state index contributed by atoms with van der Waals surface area (Å²) in [6, 6.07) is 61.8. The van der Waals surface area contributed by atoms with Crippen LogP contribution in [0.25, 0.3) is 93.9 Å². The smallest absolute Gasteiger partial charge is 0.0541 e. The number of nitrogens with zero attached hydrogens (tertiary/aromatic N) is 3. The topological polar surface area (TPSA) is 22.8 Å². The molecule has 0 amide bonds. The first kappa shape index (κ1) is 32.2. The largest absolute Gasteiger partial charge is 0.309 e. The monoisotopic (exact) mass is 715 g/mol. The van der Waals surface area contributed by atoms with Gasteiger partial charge in [-0.1, -0.05) is 121 Å². The van der Waals surface area contributed by atoms with Crippen LogP contribution >= 0.6 is 0 Å². The highest BCUT2D eigenvalue weighted by molar-refractivity contribution is 6.12. The Morgan fingerprint density at radius 1 is 0.357 bits per heavy atom. The van der Waals surface area contributed by atoms with Crippen molar-refractivity contribution in [1.82, 2.24) is 14.1 Å². The van der Waals surface area contributed by atoms with Crippen LogP contribution in [-0.2, 0) is 0 Å². The molecular formula is C53H37N3. The molecule has 56 heavy (non-hydrogen) atoms. The van der Waals surface area contributed by atoms with Gasteiger partial charge in [0, 0.05) is 56.4 Å². The van der Waals surface area contributed by atoms with Crippen molar-refractivity contribution in [2.24, 2.45) is 0 Å². The minimum Gasteiger partial charge on any atom is -0.309 e. The van der Waals surface area contributed by atoms with E-state index < -0.39 is 0 Å². The Labute approximate surface area is 325 Å². The average molecular weight is 716 g/mol. The van der Waals surface area contributed by atoms with E-state index in [0.29, 0.717) is 0 Å². The quantitative estimate of drug-likeness (QED) is 0.168. The van der Waals surface area contributed by atoms with Gasteiger partial charge in [0.2, 0.25) is 0 Å². The number of hydrogen-bond acceptors (Lipinski definition) is 1. The van der Waals surface area contributed by atoms with Crippen LogP contribution in [0.15, 0.2) is 200 Å². The predicted octanol–water partition coefficient (Wildman–Crippen LogP) is 14.0. The lowest BCUT2D eigenvalue weighted by Crippen LogP contribution is -1.95. The molecule has 10 aromatic rings. The summed E-state index contributed by atoms with van der Waals surface area (Å²) in [5.74, 6) is 0. The van der Waals surface area contributed by atoms with E-state index >= 15 is 0 Å². The van der Waals surface area contributed by atoms with Crippen LogP contribution in [0.2, 0.25) is 0 Å². The van der Waals surface area contributed by atoms with Crippen molar-refractivity contribution in [1.29, 1.82) is 0 Å². The third kappa shape index (κ3) is 5.39. The highest BCUT2D eigenvalue weighted by Crippen LogP contribution is 2.38. The summed E-state index contributed by atoms with van der Waals surface area (Å²) in [7, 11) is 0. The predicted molar refractivity (Wildman–Crippen MR) is 236 cm³/mol. The van der Waals surface area contributed by atoms with Gasteiger partial charge >= 0.3 is 0 Å². The number of benzene rings is 7. The van der Waals surface area contributed by atoms with Gasteiger partial charge in [-0.05, 0) is 113 Å². The maximum atomic E-state index is 4.74. The van der Waals surface area contributed by atoms with Crippen LogP contribution < -0.4 is 0 Å². The van der Waals surface area contributed by atoms with Crippen molar-refractivity contribution in [3.8, 4) is 44.8 Å². The van der Waals surface area contributed by atoms with E-state index in [-0.39, 0.29) is 0 Å². The van der Waals surface area contributed by atoms with Gasteiger partial charge in [0.25, 0.3) is 0 Å². The minimum absolute atomic E-state index is 1.09. The van der Waals surface area contributed by atoms with Crippen molar-refractivity contribution in [3.05, 3.63) is 206 Å². The molecule has 0 aliphatic heterocycles. The van der Waals surface area contributed by atoms with Gasteiger partial charge in [-0.2, -0.15) is 0 Å². The molecule has 0 fully saturated rings. The number of rotatable bonds is 6. The van der Waals surface area contributed by atoms with Crippen LogP contribution in [0.1, 0.15) is 18.4 Å². The second kappa shape index (κ2) is 13.3. The third-order valence-corrected chi connectivity index (χ3v) is 11.4. The minimum atomic E-state index is 1.09. The molecule has 0 unspecified atom stereocenters. The van der Waals surface area contributed by atoms with Gasteiger partial charge in [-0.25, -0.2) is 0 Å². The molecule has 11 rings (SSSR count). The molecule has 0 N–H and O–H groups in total. The number of aromatic nitrogens is 3. The Morgan fingerprint density at radius 2 is 0.911 bits per heavy atom. The number of para-hydroxylation sites is 2. The van der Waals surface area contributed by atoms with Crippen molar-refractivity contribution in [2.45, 2.75) is 12.8 Å². The SMILES string of the molecule is C1=CC(c2ccc3c(c2)c2cc(-c4ccccc4)ccc2n3-c2ccc(-c3cncc(-c4cccc(-n5c6ccccc6c6ccccc65)c4)c3)cc2)=CCC1. The summed E-state index contributed by atoms with van der Waals surface area (Å²) in [6.45, 7) is 0. The zero-order chi connectivity index (χ0) is 37.0. The van der Waals surface area contributed by atoms with Crippen LogP contribution in [0, 0.1) is 0 Å². The second-order valence-electron chi connectivity index (χ2n) is 14.7. The lowest BCUT2D eigenvalue weighted by Gasteiger charge is -2.12. The Kier molecular flexibility index (Phi) is 7.63. The summed E-state index contributed by atoms with van der Waals surface area (Å²) >= 11 is 0. The third-order valence-electron chi connectivity index (χ3n) is 11.4. The van der Waals surface area contributed by atoms with E-state index in [1.165, 1.54) is 65.9 Å². The number of fused-ring (bicyclic) bond motifs is 6. The van der Waals surface area contributed by atoms with Crippen LogP contribution in [0.3, 0.4) is 0 Å². The molecule has 7 aromatic carbocycles. The summed E-state index contributed by atoms with van der Waals surface area (Å²) in [6.07, 6.45) is 13.1. The summed E-state index contributed by atoms with van der Waals surface area (Å²) in [4.78, 5) is 4.74. The lowest BCUT2D eigenvalue weighted by molar-refractivity contribution is 1.04. The standard InChI is InChI=1S/C53H37N3/c1-3-12-36(13-4-1)40-24-28-52-48(32-40)49-33-41(37-14-5-2-6-15-37)25-29-53(49)55(52)44-26-22-38(23-27-44)42-30-43(35-54-34-42)39-16-11-17-45(31-39)56-50-20-9-7-18-46(50)47-19-8-10-21-51(47)56/h1,3-5,7-35H,2,6H2. The molecule has 1 aliphatic carbocycles. The molecule has 3 nitrogen and oxygen atoms in total. The van der Waals surface area contributed by atoms with E-state index in [1.807, 2.05) is 12.4 Å². The fraction of sp³-hybridized carbons (Fsp3) is 0.0377. The molecule has 0 spiro atoms. The lowest BCUT2D eigenvalue weighted by atomic mass is 9.97. The van der Waals surface area contributed by atoms with Gasteiger partial charge in [0.05, 0.1) is 22.1 Å². The highest BCUT2D eigenvalue weighted by atomic mass is 15.0. The van der Waals surface area contributed by atoms with Gasteiger partial charge in [0.15, 0.2) is 0 Å². The summed E-state index contributed by atoms with van der Waals surface area (Å²) in [5.41, 5.74) is 16.5. The Balaban J connectivity index is 0.975. The van der Waals surface area contributed by atoms with Gasteiger partial charge in [-0.3, -0.25) is 4.98 Å². The zero-order valence-electron chi connectivity index (χ0n) is 30.8. The van der Waals surface area contributed by atoms with Crippen LogP contribution in [0.5, 0.6) is 0 Å². The van der Waals surface area contributed by atoms with Gasteiger partial charge < -0.3 is 9.13 Å². The molecule has 0 saturated carbocycles. The van der Waals surface area contributed by atoms with E-state index in [2.05, 4.69) is 197 Å². The molecule has 0 saturated heterocycles. The Bertz CT molecular complexity index is 3120. The number of hydrogen-bond donors (Lipinski definition) is 0. The van der Waals surface area contributed by atoms with Gasteiger partial charge in [-0.15, -0.1) is 0 Å². The highest BCUT2D eigenvalue weighted by Gasteiger charge is 2.16. The van der Waals surface area contributed by atoms with Crippen molar-refractivity contribution in [3.63, 3.8) is 0 Å².